The molecule has 1 amide bonds. The number of hydrogen-bond donors (Lipinski definition) is 1. The van der Waals surface area contributed by atoms with Gasteiger partial charge in [-0.15, -0.1) is 0 Å². The number of halogens is 3. The van der Waals surface area contributed by atoms with E-state index >= 15 is 0 Å². The fraction of sp³-hybridized carbons (Fsp3) is 0.0909. The Morgan fingerprint density at radius 1 is 0.931 bits per heavy atom. The summed E-state index contributed by atoms with van der Waals surface area (Å²) in [6.07, 6.45) is -3.35. The van der Waals surface area contributed by atoms with Gasteiger partial charge in [0.2, 0.25) is 5.91 Å². The Morgan fingerprint density at radius 2 is 1.59 bits per heavy atom. The van der Waals surface area contributed by atoms with Crippen molar-refractivity contribution in [3.8, 4) is 11.3 Å². The molecule has 0 fully saturated rings. The first-order valence-corrected chi connectivity index (χ1v) is 8.90. The molecule has 29 heavy (non-hydrogen) atoms. The van der Waals surface area contributed by atoms with Crippen molar-refractivity contribution in [1.82, 2.24) is 9.38 Å². The first-order valence-electron chi connectivity index (χ1n) is 8.90. The molecule has 7 heteroatoms. The van der Waals surface area contributed by atoms with Gasteiger partial charge in [-0.1, -0.05) is 60.7 Å². The summed E-state index contributed by atoms with van der Waals surface area (Å²) in [6.45, 7) is 0. The van der Waals surface area contributed by atoms with E-state index in [1.54, 1.807) is 24.3 Å². The maximum Gasteiger partial charge on any atom is 0.417 e. The van der Waals surface area contributed by atoms with Crippen LogP contribution in [0.5, 0.6) is 0 Å². The molecule has 0 spiro atoms. The summed E-state index contributed by atoms with van der Waals surface area (Å²) in [5.41, 5.74) is 1.39. The third-order valence-electron chi connectivity index (χ3n) is 4.46. The van der Waals surface area contributed by atoms with Gasteiger partial charge in [0.15, 0.2) is 5.82 Å². The molecular formula is C22H16F3N3O. The number of nitrogens with one attached hydrogen (secondary N) is 1. The van der Waals surface area contributed by atoms with Crippen LogP contribution >= 0.6 is 0 Å². The van der Waals surface area contributed by atoms with E-state index < -0.39 is 11.7 Å². The molecule has 0 aliphatic heterocycles. The molecule has 2 aromatic heterocycles. The molecule has 0 unspecified atom stereocenters. The summed E-state index contributed by atoms with van der Waals surface area (Å²) in [4.78, 5) is 16.9. The Balaban J connectivity index is 1.77. The highest BCUT2D eigenvalue weighted by molar-refractivity contribution is 5.95. The van der Waals surface area contributed by atoms with Crippen LogP contribution in [-0.4, -0.2) is 15.3 Å². The topological polar surface area (TPSA) is 46.4 Å². The number of aromatic nitrogens is 2. The number of anilines is 1. The van der Waals surface area contributed by atoms with Crippen LogP contribution in [-0.2, 0) is 17.4 Å². The van der Waals surface area contributed by atoms with E-state index in [1.165, 1.54) is 10.5 Å². The zero-order valence-corrected chi connectivity index (χ0v) is 15.1. The van der Waals surface area contributed by atoms with Gasteiger partial charge in [0.25, 0.3) is 0 Å². The number of nitrogens with zero attached hydrogens (tertiary/aromatic N) is 2. The minimum Gasteiger partial charge on any atom is -0.309 e. The van der Waals surface area contributed by atoms with Crippen molar-refractivity contribution < 1.29 is 18.0 Å². The summed E-state index contributed by atoms with van der Waals surface area (Å²) in [7, 11) is 0. The van der Waals surface area contributed by atoms with Gasteiger partial charge in [-0.25, -0.2) is 4.98 Å². The highest BCUT2D eigenvalue weighted by Gasteiger charge is 2.31. The minimum atomic E-state index is -4.48. The summed E-state index contributed by atoms with van der Waals surface area (Å²) >= 11 is 0. The predicted molar refractivity (Wildman–Crippen MR) is 104 cm³/mol. The van der Waals surface area contributed by atoms with Gasteiger partial charge in [-0.05, 0) is 17.7 Å². The Labute approximate surface area is 164 Å². The molecular weight excluding hydrogens is 379 g/mol. The molecule has 1 N–H and O–H groups in total. The summed E-state index contributed by atoms with van der Waals surface area (Å²) in [6, 6.07) is 20.3. The van der Waals surface area contributed by atoms with Gasteiger partial charge < -0.3 is 5.32 Å². The fourth-order valence-corrected chi connectivity index (χ4v) is 3.13. The lowest BCUT2D eigenvalue weighted by Crippen LogP contribution is -2.15. The van der Waals surface area contributed by atoms with Crippen LogP contribution in [0.4, 0.5) is 19.0 Å². The molecule has 2 heterocycles. The second kappa shape index (κ2) is 7.43. The lowest BCUT2D eigenvalue weighted by atomic mass is 10.1. The first-order chi connectivity index (χ1) is 13.9. The average Bonchev–Trinajstić information content (AvgIpc) is 3.05. The Kier molecular flexibility index (Phi) is 4.80. The van der Waals surface area contributed by atoms with Gasteiger partial charge in [0.1, 0.15) is 5.65 Å². The van der Waals surface area contributed by atoms with Crippen LogP contribution in [0.15, 0.2) is 79.0 Å². The van der Waals surface area contributed by atoms with Crippen LogP contribution < -0.4 is 5.32 Å². The number of amides is 1. The monoisotopic (exact) mass is 395 g/mol. The molecule has 0 saturated heterocycles. The SMILES string of the molecule is O=C(Cc1ccccc1)Nc1nc2ccc(C(F)(F)F)cn2c1-c1ccccc1. The van der Waals surface area contributed by atoms with E-state index in [-0.39, 0.29) is 18.1 Å². The molecule has 2 aromatic carbocycles. The first kappa shape index (κ1) is 18.7. The molecule has 0 aliphatic rings. The number of pyridine rings is 1. The molecule has 0 bridgehead atoms. The van der Waals surface area contributed by atoms with Crippen molar-refractivity contribution >= 4 is 17.4 Å². The summed E-state index contributed by atoms with van der Waals surface area (Å²) in [5.74, 6) is -0.0794. The molecule has 0 atom stereocenters. The average molecular weight is 395 g/mol. The maximum absolute atomic E-state index is 13.2. The number of carbonyl (C=O) groups excluding carboxylic acids is 1. The number of hydrogen-bond acceptors (Lipinski definition) is 2. The molecule has 0 aliphatic carbocycles. The Hall–Kier alpha value is -3.61. The largest absolute Gasteiger partial charge is 0.417 e. The normalized spacial score (nSPS) is 11.6. The third-order valence-corrected chi connectivity index (χ3v) is 4.46. The summed E-state index contributed by atoms with van der Waals surface area (Å²) in [5, 5.41) is 2.75. The molecule has 0 saturated carbocycles. The maximum atomic E-state index is 13.2. The molecule has 146 valence electrons. The van der Waals surface area contributed by atoms with Gasteiger partial charge in [0, 0.05) is 11.8 Å². The second-order valence-electron chi connectivity index (χ2n) is 6.53. The van der Waals surface area contributed by atoms with Gasteiger partial charge in [-0.3, -0.25) is 9.20 Å². The number of alkyl halides is 3. The predicted octanol–water partition coefficient (Wildman–Crippen LogP) is 5.20. The molecule has 4 rings (SSSR count). The van der Waals surface area contributed by atoms with Crippen LogP contribution in [0.3, 0.4) is 0 Å². The van der Waals surface area contributed by atoms with Gasteiger partial charge in [-0.2, -0.15) is 13.2 Å². The van der Waals surface area contributed by atoms with E-state index in [4.69, 9.17) is 0 Å². The van der Waals surface area contributed by atoms with Crippen molar-refractivity contribution in [3.63, 3.8) is 0 Å². The number of carbonyl (C=O) groups is 1. The molecule has 4 aromatic rings. The van der Waals surface area contributed by atoms with Crippen molar-refractivity contribution in [2.45, 2.75) is 12.6 Å². The number of benzene rings is 2. The Morgan fingerprint density at radius 3 is 2.24 bits per heavy atom. The van der Waals surface area contributed by atoms with E-state index in [2.05, 4.69) is 10.3 Å². The number of fused-ring (bicyclic) bond motifs is 1. The lowest BCUT2D eigenvalue weighted by Gasteiger charge is -2.10. The van der Waals surface area contributed by atoms with Crippen molar-refractivity contribution in [1.29, 1.82) is 0 Å². The van der Waals surface area contributed by atoms with Gasteiger partial charge in [0.05, 0.1) is 17.7 Å². The minimum absolute atomic E-state index is 0.136. The van der Waals surface area contributed by atoms with Crippen molar-refractivity contribution in [2.24, 2.45) is 0 Å². The second-order valence-corrected chi connectivity index (χ2v) is 6.53. The zero-order chi connectivity index (χ0) is 20.4. The third kappa shape index (κ3) is 3.99. The smallest absolute Gasteiger partial charge is 0.309 e. The highest BCUT2D eigenvalue weighted by Crippen LogP contribution is 2.33. The van der Waals surface area contributed by atoms with Gasteiger partial charge >= 0.3 is 6.18 Å². The van der Waals surface area contributed by atoms with Crippen molar-refractivity contribution in [3.05, 3.63) is 90.1 Å². The fourth-order valence-electron chi connectivity index (χ4n) is 3.13. The Bertz CT molecular complexity index is 1150. The lowest BCUT2D eigenvalue weighted by molar-refractivity contribution is -0.137. The van der Waals surface area contributed by atoms with E-state index in [0.29, 0.717) is 16.9 Å². The van der Waals surface area contributed by atoms with Crippen LogP contribution in [0.25, 0.3) is 16.9 Å². The van der Waals surface area contributed by atoms with Crippen LogP contribution in [0.1, 0.15) is 11.1 Å². The van der Waals surface area contributed by atoms with Crippen molar-refractivity contribution in [2.75, 3.05) is 5.32 Å². The standard InChI is InChI=1S/C22H16F3N3O/c23-22(24,25)17-11-12-18-26-21(27-19(29)13-15-7-3-1-4-8-15)20(28(18)14-17)16-9-5-2-6-10-16/h1-12,14H,13H2,(H,27,29). The quantitative estimate of drug-likeness (QED) is 0.516. The molecule has 4 nitrogen and oxygen atoms in total. The van der Waals surface area contributed by atoms with Crippen LogP contribution in [0, 0.1) is 0 Å². The zero-order valence-electron chi connectivity index (χ0n) is 15.1. The molecule has 0 radical (unpaired) electrons. The van der Waals surface area contributed by atoms with E-state index in [1.807, 2.05) is 36.4 Å². The number of rotatable bonds is 4. The summed E-state index contributed by atoms with van der Waals surface area (Å²) < 4.78 is 41.0. The number of imidazole rings is 1. The van der Waals surface area contributed by atoms with E-state index in [9.17, 15) is 18.0 Å². The highest BCUT2D eigenvalue weighted by atomic mass is 19.4. The van der Waals surface area contributed by atoms with Crippen LogP contribution in [0.2, 0.25) is 0 Å². The van der Waals surface area contributed by atoms with E-state index in [0.717, 1.165) is 17.8 Å².